The van der Waals surface area contributed by atoms with Crippen molar-refractivity contribution in [3.05, 3.63) is 60.2 Å². The van der Waals surface area contributed by atoms with Crippen molar-refractivity contribution in [3.8, 4) is 0 Å². The Labute approximate surface area is 162 Å². The summed E-state index contributed by atoms with van der Waals surface area (Å²) in [5, 5.41) is 3.09. The van der Waals surface area contributed by atoms with Gasteiger partial charge in [0.05, 0.1) is 0 Å². The summed E-state index contributed by atoms with van der Waals surface area (Å²) in [4.78, 5) is 17.5. The number of piperazine rings is 1. The summed E-state index contributed by atoms with van der Waals surface area (Å²) in [7, 11) is 0. The van der Waals surface area contributed by atoms with Gasteiger partial charge in [0.25, 0.3) is 0 Å². The molecular weight excluding hydrogens is 334 g/mol. The first-order chi connectivity index (χ1) is 13.1. The fourth-order valence-corrected chi connectivity index (χ4v) is 4.04. The van der Waals surface area contributed by atoms with Gasteiger partial charge in [0.1, 0.15) is 0 Å². The smallest absolute Gasteiger partial charge is 0.228 e. The van der Waals surface area contributed by atoms with Gasteiger partial charge in [0, 0.05) is 49.5 Å². The van der Waals surface area contributed by atoms with E-state index in [1.165, 1.54) is 11.3 Å². The van der Waals surface area contributed by atoms with Crippen molar-refractivity contribution in [1.29, 1.82) is 0 Å². The van der Waals surface area contributed by atoms with E-state index in [-0.39, 0.29) is 11.8 Å². The van der Waals surface area contributed by atoms with Crippen LogP contribution in [0.4, 0.5) is 11.4 Å². The highest BCUT2D eigenvalue weighted by molar-refractivity contribution is 5.95. The number of nitrogens with zero attached hydrogens (tertiary/aromatic N) is 2. The maximum absolute atomic E-state index is 12.5. The van der Waals surface area contributed by atoms with Gasteiger partial charge in [-0.3, -0.25) is 9.69 Å². The summed E-state index contributed by atoms with van der Waals surface area (Å²) in [6.45, 7) is 8.86. The SMILES string of the molecule is CC(C)N1CCN(c2ccc(NC(=O)C3CC3c3ccccc3)cc2)CC1. The molecule has 1 aliphatic heterocycles. The summed E-state index contributed by atoms with van der Waals surface area (Å²) in [5.74, 6) is 0.626. The third kappa shape index (κ3) is 4.16. The lowest BCUT2D eigenvalue weighted by Gasteiger charge is -2.38. The molecule has 2 aromatic rings. The molecule has 1 saturated carbocycles. The molecule has 1 N–H and O–H groups in total. The Morgan fingerprint density at radius 1 is 0.963 bits per heavy atom. The minimum Gasteiger partial charge on any atom is -0.369 e. The quantitative estimate of drug-likeness (QED) is 0.873. The highest BCUT2D eigenvalue weighted by Crippen LogP contribution is 2.47. The van der Waals surface area contributed by atoms with E-state index < -0.39 is 0 Å². The van der Waals surface area contributed by atoms with Gasteiger partial charge in [-0.1, -0.05) is 30.3 Å². The lowest BCUT2D eigenvalue weighted by molar-refractivity contribution is -0.117. The predicted molar refractivity (Wildman–Crippen MR) is 111 cm³/mol. The maximum Gasteiger partial charge on any atom is 0.228 e. The first-order valence-electron chi connectivity index (χ1n) is 10.1. The zero-order chi connectivity index (χ0) is 18.8. The number of amides is 1. The van der Waals surface area contributed by atoms with Gasteiger partial charge in [0.2, 0.25) is 5.91 Å². The molecule has 0 bridgehead atoms. The van der Waals surface area contributed by atoms with E-state index in [4.69, 9.17) is 0 Å². The van der Waals surface area contributed by atoms with Crippen molar-refractivity contribution >= 4 is 17.3 Å². The fourth-order valence-electron chi connectivity index (χ4n) is 4.04. The molecule has 0 aromatic heterocycles. The summed E-state index contributed by atoms with van der Waals surface area (Å²) >= 11 is 0. The molecule has 1 saturated heterocycles. The molecule has 2 atom stereocenters. The second-order valence-corrected chi connectivity index (χ2v) is 8.01. The van der Waals surface area contributed by atoms with Gasteiger partial charge >= 0.3 is 0 Å². The lowest BCUT2D eigenvalue weighted by atomic mass is 10.1. The Bertz CT molecular complexity index is 764. The Kier molecular flexibility index (Phi) is 5.17. The van der Waals surface area contributed by atoms with E-state index in [9.17, 15) is 4.79 Å². The Morgan fingerprint density at radius 2 is 1.63 bits per heavy atom. The van der Waals surface area contributed by atoms with Crippen molar-refractivity contribution in [1.82, 2.24) is 4.90 Å². The highest BCUT2D eigenvalue weighted by atomic mass is 16.2. The third-order valence-electron chi connectivity index (χ3n) is 5.90. The van der Waals surface area contributed by atoms with E-state index in [1.54, 1.807) is 0 Å². The molecule has 0 spiro atoms. The van der Waals surface area contributed by atoms with E-state index >= 15 is 0 Å². The average molecular weight is 364 g/mol. The van der Waals surface area contributed by atoms with Crippen LogP contribution in [-0.4, -0.2) is 43.0 Å². The summed E-state index contributed by atoms with van der Waals surface area (Å²) in [6, 6.07) is 19.3. The van der Waals surface area contributed by atoms with Crippen LogP contribution in [0.25, 0.3) is 0 Å². The molecule has 2 aromatic carbocycles. The van der Waals surface area contributed by atoms with E-state index in [1.807, 2.05) is 30.3 Å². The average Bonchev–Trinajstić information content (AvgIpc) is 3.50. The van der Waals surface area contributed by atoms with Crippen molar-refractivity contribution in [3.63, 3.8) is 0 Å². The minimum atomic E-state index is 0.108. The first-order valence-corrected chi connectivity index (χ1v) is 10.1. The van der Waals surface area contributed by atoms with Gasteiger partial charge in [-0.15, -0.1) is 0 Å². The number of nitrogens with one attached hydrogen (secondary N) is 1. The van der Waals surface area contributed by atoms with Crippen LogP contribution < -0.4 is 10.2 Å². The van der Waals surface area contributed by atoms with Crippen LogP contribution in [0.2, 0.25) is 0 Å². The van der Waals surface area contributed by atoms with Crippen LogP contribution in [-0.2, 0) is 4.79 Å². The molecule has 1 aliphatic carbocycles. The van der Waals surface area contributed by atoms with Gasteiger partial charge in [0.15, 0.2) is 0 Å². The minimum absolute atomic E-state index is 0.108. The maximum atomic E-state index is 12.5. The van der Waals surface area contributed by atoms with E-state index in [0.717, 1.165) is 38.3 Å². The van der Waals surface area contributed by atoms with Gasteiger partial charge in [-0.25, -0.2) is 0 Å². The van der Waals surface area contributed by atoms with Crippen molar-refractivity contribution in [2.45, 2.75) is 32.2 Å². The van der Waals surface area contributed by atoms with Crippen LogP contribution in [0.5, 0.6) is 0 Å². The van der Waals surface area contributed by atoms with Crippen LogP contribution >= 0.6 is 0 Å². The van der Waals surface area contributed by atoms with E-state index in [0.29, 0.717) is 12.0 Å². The standard InChI is InChI=1S/C23H29N3O/c1-17(2)25-12-14-26(15-13-25)20-10-8-19(9-11-20)24-23(27)22-16-21(22)18-6-4-3-5-7-18/h3-11,17,21-22H,12-16H2,1-2H3,(H,24,27). The second-order valence-electron chi connectivity index (χ2n) is 8.01. The Hall–Kier alpha value is -2.33. The summed E-state index contributed by atoms with van der Waals surface area (Å²) in [5.41, 5.74) is 3.40. The third-order valence-corrected chi connectivity index (χ3v) is 5.90. The largest absolute Gasteiger partial charge is 0.369 e. The number of hydrogen-bond acceptors (Lipinski definition) is 3. The molecule has 2 unspecified atom stereocenters. The van der Waals surface area contributed by atoms with Crippen LogP contribution in [0.3, 0.4) is 0 Å². The van der Waals surface area contributed by atoms with Gasteiger partial charge < -0.3 is 10.2 Å². The number of benzene rings is 2. The molecular formula is C23H29N3O. The number of carbonyl (C=O) groups excluding carboxylic acids is 1. The van der Waals surface area contributed by atoms with Crippen LogP contribution in [0, 0.1) is 5.92 Å². The topological polar surface area (TPSA) is 35.6 Å². The predicted octanol–water partition coefficient (Wildman–Crippen LogP) is 3.96. The summed E-state index contributed by atoms with van der Waals surface area (Å²) < 4.78 is 0. The molecule has 2 aliphatic rings. The van der Waals surface area contributed by atoms with Crippen LogP contribution in [0.15, 0.2) is 54.6 Å². The van der Waals surface area contributed by atoms with E-state index in [2.05, 4.69) is 53.2 Å². The number of carbonyl (C=O) groups is 1. The van der Waals surface area contributed by atoms with Crippen molar-refractivity contribution in [2.75, 3.05) is 36.4 Å². The molecule has 2 fully saturated rings. The molecule has 4 nitrogen and oxygen atoms in total. The number of rotatable bonds is 5. The van der Waals surface area contributed by atoms with Crippen molar-refractivity contribution < 1.29 is 4.79 Å². The zero-order valence-electron chi connectivity index (χ0n) is 16.3. The molecule has 1 amide bonds. The monoisotopic (exact) mass is 363 g/mol. The molecule has 1 heterocycles. The molecule has 27 heavy (non-hydrogen) atoms. The van der Waals surface area contributed by atoms with Gasteiger partial charge in [-0.2, -0.15) is 0 Å². The Morgan fingerprint density at radius 3 is 2.26 bits per heavy atom. The first kappa shape index (κ1) is 18.1. The fraction of sp³-hybridized carbons (Fsp3) is 0.435. The highest BCUT2D eigenvalue weighted by Gasteiger charge is 2.43. The number of hydrogen-bond donors (Lipinski definition) is 1. The van der Waals surface area contributed by atoms with Crippen molar-refractivity contribution in [2.24, 2.45) is 5.92 Å². The van der Waals surface area contributed by atoms with Crippen LogP contribution in [0.1, 0.15) is 31.7 Å². The van der Waals surface area contributed by atoms with Gasteiger partial charge in [-0.05, 0) is 56.0 Å². The normalized spacial score (nSPS) is 22.7. The lowest BCUT2D eigenvalue weighted by Crippen LogP contribution is -2.48. The molecule has 142 valence electrons. The second kappa shape index (κ2) is 7.73. The molecule has 4 rings (SSSR count). The Balaban J connectivity index is 1.30. The molecule has 4 heteroatoms. The molecule has 0 radical (unpaired) electrons. The number of anilines is 2. The summed E-state index contributed by atoms with van der Waals surface area (Å²) in [6.07, 6.45) is 0.952. The zero-order valence-corrected chi connectivity index (χ0v) is 16.3.